The van der Waals surface area contributed by atoms with Gasteiger partial charge in [-0.05, 0) is 24.5 Å². The number of aryl methyl sites for hydroxylation is 1. The molecule has 0 saturated carbocycles. The Morgan fingerprint density at radius 2 is 2.05 bits per heavy atom. The Bertz CT molecular complexity index is 477. The summed E-state index contributed by atoms with van der Waals surface area (Å²) in [5, 5.41) is 11.1. The Morgan fingerprint density at radius 3 is 2.63 bits per heavy atom. The standard InChI is InChI=1S/C13H15F2NO3/c1-2-10(13(18)19)16-11(17)7-6-8-4-3-5-9(14)12(8)15/h3-5,10H,2,6-7H2,1H3,(H,16,17)(H,18,19). The molecule has 0 radical (unpaired) electrons. The number of carbonyl (C=O) groups excluding carboxylic acids is 1. The van der Waals surface area contributed by atoms with E-state index in [1.54, 1.807) is 6.92 Å². The van der Waals surface area contributed by atoms with E-state index < -0.39 is 29.6 Å². The van der Waals surface area contributed by atoms with Crippen LogP contribution in [0.5, 0.6) is 0 Å². The summed E-state index contributed by atoms with van der Waals surface area (Å²) in [6, 6.07) is 2.79. The molecule has 104 valence electrons. The van der Waals surface area contributed by atoms with E-state index in [4.69, 9.17) is 5.11 Å². The lowest BCUT2D eigenvalue weighted by Crippen LogP contribution is -2.40. The van der Waals surface area contributed by atoms with Crippen molar-refractivity contribution in [1.29, 1.82) is 0 Å². The van der Waals surface area contributed by atoms with Gasteiger partial charge < -0.3 is 10.4 Å². The minimum atomic E-state index is -1.12. The molecular weight excluding hydrogens is 256 g/mol. The van der Waals surface area contributed by atoms with Crippen LogP contribution in [0.1, 0.15) is 25.3 Å². The molecule has 1 atom stereocenters. The predicted octanol–water partition coefficient (Wildman–Crippen LogP) is 1.88. The van der Waals surface area contributed by atoms with Crippen LogP contribution in [0.4, 0.5) is 8.78 Å². The van der Waals surface area contributed by atoms with Crippen LogP contribution in [-0.2, 0) is 16.0 Å². The average Bonchev–Trinajstić information content (AvgIpc) is 2.37. The van der Waals surface area contributed by atoms with Gasteiger partial charge in [0.15, 0.2) is 11.6 Å². The first-order valence-electron chi connectivity index (χ1n) is 5.90. The Kier molecular flexibility index (Phi) is 5.41. The molecule has 0 fully saturated rings. The average molecular weight is 271 g/mol. The van der Waals surface area contributed by atoms with E-state index in [0.29, 0.717) is 0 Å². The Hall–Kier alpha value is -1.98. The van der Waals surface area contributed by atoms with E-state index >= 15 is 0 Å². The quantitative estimate of drug-likeness (QED) is 0.830. The van der Waals surface area contributed by atoms with Crippen molar-refractivity contribution in [3.63, 3.8) is 0 Å². The molecular formula is C13H15F2NO3. The lowest BCUT2D eigenvalue weighted by atomic mass is 10.1. The molecule has 4 nitrogen and oxygen atoms in total. The number of aliphatic carboxylic acids is 1. The van der Waals surface area contributed by atoms with Crippen molar-refractivity contribution in [1.82, 2.24) is 5.32 Å². The van der Waals surface area contributed by atoms with E-state index in [0.717, 1.165) is 6.07 Å². The molecule has 6 heteroatoms. The maximum absolute atomic E-state index is 13.3. The van der Waals surface area contributed by atoms with Crippen LogP contribution in [0.3, 0.4) is 0 Å². The van der Waals surface area contributed by atoms with Crippen molar-refractivity contribution in [3.8, 4) is 0 Å². The highest BCUT2D eigenvalue weighted by Crippen LogP contribution is 2.13. The zero-order valence-electron chi connectivity index (χ0n) is 10.5. The van der Waals surface area contributed by atoms with E-state index in [9.17, 15) is 18.4 Å². The summed E-state index contributed by atoms with van der Waals surface area (Å²) in [5.41, 5.74) is 0.0959. The van der Waals surface area contributed by atoms with Crippen LogP contribution in [0.15, 0.2) is 18.2 Å². The summed E-state index contributed by atoms with van der Waals surface area (Å²) in [6.07, 6.45) is 0.186. The summed E-state index contributed by atoms with van der Waals surface area (Å²) < 4.78 is 26.2. The molecule has 0 aromatic heterocycles. The van der Waals surface area contributed by atoms with Crippen LogP contribution in [-0.4, -0.2) is 23.0 Å². The van der Waals surface area contributed by atoms with Crippen molar-refractivity contribution in [2.24, 2.45) is 0 Å². The summed E-state index contributed by atoms with van der Waals surface area (Å²) in [4.78, 5) is 22.2. The third-order valence-corrected chi connectivity index (χ3v) is 2.69. The van der Waals surface area contributed by atoms with E-state index in [1.807, 2.05) is 0 Å². The normalized spacial score (nSPS) is 11.9. The largest absolute Gasteiger partial charge is 0.480 e. The first-order chi connectivity index (χ1) is 8.95. The lowest BCUT2D eigenvalue weighted by Gasteiger charge is -2.12. The van der Waals surface area contributed by atoms with Crippen molar-refractivity contribution in [2.45, 2.75) is 32.2 Å². The number of carboxylic acids is 1. The predicted molar refractivity (Wildman–Crippen MR) is 64.5 cm³/mol. The van der Waals surface area contributed by atoms with Crippen LogP contribution in [0, 0.1) is 11.6 Å². The molecule has 1 rings (SSSR count). The third kappa shape index (κ3) is 4.31. The second-order valence-electron chi connectivity index (χ2n) is 4.08. The first-order valence-corrected chi connectivity index (χ1v) is 5.90. The molecule has 0 aliphatic carbocycles. The van der Waals surface area contributed by atoms with Crippen LogP contribution < -0.4 is 5.32 Å². The van der Waals surface area contributed by atoms with Crippen molar-refractivity contribution >= 4 is 11.9 Å². The molecule has 1 amide bonds. The molecule has 0 spiro atoms. The highest BCUT2D eigenvalue weighted by molar-refractivity contribution is 5.83. The van der Waals surface area contributed by atoms with Crippen LogP contribution in [0.25, 0.3) is 0 Å². The fraction of sp³-hybridized carbons (Fsp3) is 0.385. The molecule has 0 aliphatic rings. The maximum atomic E-state index is 13.3. The summed E-state index contributed by atoms with van der Waals surface area (Å²) in [7, 11) is 0. The number of carbonyl (C=O) groups is 2. The number of halogens is 2. The smallest absolute Gasteiger partial charge is 0.326 e. The van der Waals surface area contributed by atoms with Gasteiger partial charge in [0.05, 0.1) is 0 Å². The van der Waals surface area contributed by atoms with Gasteiger partial charge in [0.25, 0.3) is 0 Å². The number of amides is 1. The minimum Gasteiger partial charge on any atom is -0.480 e. The molecule has 1 aromatic rings. The number of benzene rings is 1. The number of carboxylic acid groups (broad SMARTS) is 1. The minimum absolute atomic E-state index is 0.0193. The summed E-state index contributed by atoms with van der Waals surface area (Å²) >= 11 is 0. The van der Waals surface area contributed by atoms with Gasteiger partial charge in [-0.25, -0.2) is 13.6 Å². The fourth-order valence-corrected chi connectivity index (χ4v) is 1.59. The van der Waals surface area contributed by atoms with Crippen LogP contribution in [0.2, 0.25) is 0 Å². The van der Waals surface area contributed by atoms with Gasteiger partial charge >= 0.3 is 5.97 Å². The molecule has 1 unspecified atom stereocenters. The van der Waals surface area contributed by atoms with Gasteiger partial charge in [-0.15, -0.1) is 0 Å². The molecule has 0 saturated heterocycles. The van der Waals surface area contributed by atoms with Gasteiger partial charge in [-0.1, -0.05) is 19.1 Å². The van der Waals surface area contributed by atoms with Crippen molar-refractivity contribution in [3.05, 3.63) is 35.4 Å². The maximum Gasteiger partial charge on any atom is 0.326 e. The highest BCUT2D eigenvalue weighted by atomic mass is 19.2. The number of hydrogen-bond donors (Lipinski definition) is 2. The number of nitrogens with one attached hydrogen (secondary N) is 1. The monoisotopic (exact) mass is 271 g/mol. The van der Waals surface area contributed by atoms with Crippen molar-refractivity contribution < 1.29 is 23.5 Å². The second-order valence-corrected chi connectivity index (χ2v) is 4.08. The Morgan fingerprint density at radius 1 is 1.37 bits per heavy atom. The SMILES string of the molecule is CCC(NC(=O)CCc1cccc(F)c1F)C(=O)O. The van der Waals surface area contributed by atoms with Crippen molar-refractivity contribution in [2.75, 3.05) is 0 Å². The molecule has 1 aromatic carbocycles. The van der Waals surface area contributed by atoms with Gasteiger partial charge in [-0.3, -0.25) is 4.79 Å². The van der Waals surface area contributed by atoms with E-state index in [-0.39, 0.29) is 24.8 Å². The molecule has 0 bridgehead atoms. The fourth-order valence-electron chi connectivity index (χ4n) is 1.59. The zero-order valence-corrected chi connectivity index (χ0v) is 10.5. The number of hydrogen-bond acceptors (Lipinski definition) is 2. The van der Waals surface area contributed by atoms with E-state index in [2.05, 4.69) is 5.32 Å². The first kappa shape index (κ1) is 15.1. The third-order valence-electron chi connectivity index (χ3n) is 2.69. The highest BCUT2D eigenvalue weighted by Gasteiger charge is 2.17. The summed E-state index contributed by atoms with van der Waals surface area (Å²) in [6.45, 7) is 1.63. The Balaban J connectivity index is 2.55. The van der Waals surface area contributed by atoms with Gasteiger partial charge in [0.2, 0.25) is 5.91 Å². The Labute approximate surface area is 109 Å². The topological polar surface area (TPSA) is 66.4 Å². The molecule has 19 heavy (non-hydrogen) atoms. The van der Waals surface area contributed by atoms with Crippen LogP contribution >= 0.6 is 0 Å². The lowest BCUT2D eigenvalue weighted by molar-refractivity contribution is -0.141. The molecule has 0 heterocycles. The number of rotatable bonds is 6. The molecule has 0 aliphatic heterocycles. The second kappa shape index (κ2) is 6.82. The zero-order chi connectivity index (χ0) is 14.4. The van der Waals surface area contributed by atoms with Gasteiger partial charge in [-0.2, -0.15) is 0 Å². The van der Waals surface area contributed by atoms with E-state index in [1.165, 1.54) is 12.1 Å². The van der Waals surface area contributed by atoms with Gasteiger partial charge in [0, 0.05) is 6.42 Å². The molecule has 2 N–H and O–H groups in total. The summed E-state index contributed by atoms with van der Waals surface area (Å²) in [5.74, 6) is -3.55. The van der Waals surface area contributed by atoms with Gasteiger partial charge in [0.1, 0.15) is 6.04 Å².